The Kier molecular flexibility index (Phi) is 36.9. The Morgan fingerprint density at radius 3 is 1.03 bits per heavy atom. The van der Waals surface area contributed by atoms with Gasteiger partial charge >= 0.3 is 0 Å². The van der Waals surface area contributed by atoms with Crippen LogP contribution in [-0.2, 0) is 0 Å². The summed E-state index contributed by atoms with van der Waals surface area (Å²) in [6, 6.07) is 50.2. The van der Waals surface area contributed by atoms with Gasteiger partial charge in [0.15, 0.2) is 0 Å². The largest absolute Gasteiger partial charge is 0.264 e. The minimum Gasteiger partial charge on any atom is -0.264 e. The first kappa shape index (κ1) is 68.4. The molecule has 0 bridgehead atoms. The first-order chi connectivity index (χ1) is 34.2. The quantitative estimate of drug-likeness (QED) is 0.142. The molecular weight excluding hydrogens is 932 g/mol. The number of rotatable bonds is 0. The van der Waals surface area contributed by atoms with Crippen molar-refractivity contribution in [3.63, 3.8) is 0 Å². The van der Waals surface area contributed by atoms with E-state index in [2.05, 4.69) is 115 Å². The lowest BCUT2D eigenvalue weighted by atomic mass is 10.1. The molecule has 0 N–H and O–H groups in total. The molecule has 0 spiro atoms. The summed E-state index contributed by atoms with van der Waals surface area (Å²) in [5.74, 6) is -1.26. The van der Waals surface area contributed by atoms with E-state index >= 15 is 0 Å². The molecular formula is C65H79F5N4. The molecule has 0 aliphatic carbocycles. The van der Waals surface area contributed by atoms with Gasteiger partial charge in [-0.25, -0.2) is 31.9 Å². The van der Waals surface area contributed by atoms with Crippen molar-refractivity contribution in [2.24, 2.45) is 0 Å². The number of aromatic nitrogens is 4. The van der Waals surface area contributed by atoms with E-state index in [0.717, 1.165) is 23.1 Å². The van der Waals surface area contributed by atoms with Crippen molar-refractivity contribution >= 4 is 0 Å². The average Bonchev–Trinajstić information content (AvgIpc) is 3.34. The van der Waals surface area contributed by atoms with Crippen LogP contribution in [0.5, 0.6) is 0 Å². The molecule has 74 heavy (non-hydrogen) atoms. The second-order valence-electron chi connectivity index (χ2n) is 16.8. The van der Waals surface area contributed by atoms with E-state index in [1.807, 2.05) is 88.5 Å². The summed E-state index contributed by atoms with van der Waals surface area (Å²) >= 11 is 0. The zero-order chi connectivity index (χ0) is 53.8. The van der Waals surface area contributed by atoms with Gasteiger partial charge in [-0.15, -0.1) is 0 Å². The maximum atomic E-state index is 12.6. The third-order valence-electron chi connectivity index (χ3n) is 9.54. The number of halogens is 5. The van der Waals surface area contributed by atoms with Crippen LogP contribution in [0.15, 0.2) is 195 Å². The van der Waals surface area contributed by atoms with Gasteiger partial charge in [-0.3, -0.25) is 9.97 Å². The van der Waals surface area contributed by atoms with E-state index in [4.69, 9.17) is 0 Å². The molecule has 0 amide bonds. The smallest absolute Gasteiger partial charge is 0.129 e. The van der Waals surface area contributed by atoms with E-state index in [-0.39, 0.29) is 26.2 Å². The first-order valence-electron chi connectivity index (χ1n) is 23.3. The van der Waals surface area contributed by atoms with Gasteiger partial charge in [0.05, 0.1) is 0 Å². The van der Waals surface area contributed by atoms with E-state index in [1.54, 1.807) is 57.7 Å². The number of hydrogen-bond donors (Lipinski definition) is 0. The lowest BCUT2D eigenvalue weighted by Crippen LogP contribution is -1.88. The summed E-state index contributed by atoms with van der Waals surface area (Å²) in [5, 5.41) is 0. The van der Waals surface area contributed by atoms with Crippen LogP contribution in [0.25, 0.3) is 0 Å². The summed E-state index contributed by atoms with van der Waals surface area (Å²) in [6.45, 7) is 24.6. The van der Waals surface area contributed by atoms with E-state index in [1.165, 1.54) is 70.6 Å². The standard InChI is InChI=1S/C8H8F2.C8H9F.2C8H10.C7H6F2.C7H8.2C6H7N.C5H6N2.2CH4/c1-5-3-7(9)6(2)8(10)4-5;1-6-3-4-7(2)8(9)5-6;1-7-3-5-8(2)6-4-7;1-7-4-3-5-8(2)6-7;1-5-2-3-6(8)4-7(5)9;1-7-5-3-2-4-6-7;1-6-3-2-4-7-5-6;1-6-4-2-3-5-7-6;1-5-6-3-2-4-7-5;;/h3-4H,1-2H3;3-5H,1-2H3;2*3-6H,1-2H3;2-4H,1H3;2-6H,1H3;2*2-5H,1H3;2-4H,1H3;2*1H4. The Bertz CT molecular complexity index is 2550. The zero-order valence-electron chi connectivity index (χ0n) is 44.2. The van der Waals surface area contributed by atoms with Crippen LogP contribution in [0.4, 0.5) is 22.0 Å². The Morgan fingerprint density at radius 2 is 0.716 bits per heavy atom. The number of benzene rings is 6. The molecule has 0 unspecified atom stereocenters. The predicted octanol–water partition coefficient (Wildman–Crippen LogP) is 18.7. The number of aryl methyl sites for hydroxylation is 12. The van der Waals surface area contributed by atoms with Crippen LogP contribution >= 0.6 is 0 Å². The van der Waals surface area contributed by atoms with Crippen molar-refractivity contribution in [3.8, 4) is 0 Å². The Morgan fingerprint density at radius 1 is 0.297 bits per heavy atom. The van der Waals surface area contributed by atoms with Crippen LogP contribution < -0.4 is 0 Å². The fourth-order valence-electron chi connectivity index (χ4n) is 5.29. The highest BCUT2D eigenvalue weighted by molar-refractivity contribution is 5.25. The van der Waals surface area contributed by atoms with Gasteiger partial charge in [-0.2, -0.15) is 0 Å². The molecule has 0 saturated heterocycles. The first-order valence-corrected chi connectivity index (χ1v) is 23.3. The van der Waals surface area contributed by atoms with Crippen molar-refractivity contribution in [1.82, 2.24) is 19.9 Å². The fourth-order valence-corrected chi connectivity index (χ4v) is 5.29. The third-order valence-corrected chi connectivity index (χ3v) is 9.54. The maximum absolute atomic E-state index is 12.6. The normalized spacial score (nSPS) is 9.00. The lowest BCUT2D eigenvalue weighted by Gasteiger charge is -1.98. The van der Waals surface area contributed by atoms with Crippen molar-refractivity contribution in [3.05, 3.63) is 297 Å². The SMILES string of the molecule is C.C.Cc1cc(F)c(C)c(F)c1.Cc1ccc(C)c(F)c1.Cc1ccc(C)cc1.Cc1ccc(F)cc1F.Cc1cccc(C)c1.Cc1ccccc1.Cc1ccccn1.Cc1cccnc1.Cc1ncccn1. The van der Waals surface area contributed by atoms with E-state index in [9.17, 15) is 22.0 Å². The fraction of sp³-hybridized carbons (Fsp3) is 0.231. The molecule has 9 aromatic rings. The molecule has 0 fully saturated rings. The predicted molar refractivity (Wildman–Crippen MR) is 304 cm³/mol. The Hall–Kier alpha value is -7.65. The van der Waals surface area contributed by atoms with Crippen LogP contribution in [0, 0.1) is 119 Å². The zero-order valence-corrected chi connectivity index (χ0v) is 44.2. The second kappa shape index (κ2) is 39.9. The van der Waals surface area contributed by atoms with Gasteiger partial charge in [-0.05, 0) is 166 Å². The van der Waals surface area contributed by atoms with Gasteiger partial charge in [0, 0.05) is 48.3 Å². The number of nitrogens with zero attached hydrogens (tertiary/aromatic N) is 4. The molecule has 0 aliphatic heterocycles. The number of pyridine rings is 2. The van der Waals surface area contributed by atoms with Crippen molar-refractivity contribution in [2.75, 3.05) is 0 Å². The molecule has 0 aliphatic rings. The van der Waals surface area contributed by atoms with Crippen LogP contribution in [0.1, 0.15) is 87.6 Å². The highest BCUT2D eigenvalue weighted by Crippen LogP contribution is 2.13. The monoisotopic (exact) mass is 1010 g/mol. The van der Waals surface area contributed by atoms with Crippen LogP contribution in [0.2, 0.25) is 0 Å². The van der Waals surface area contributed by atoms with E-state index in [0.29, 0.717) is 16.7 Å². The van der Waals surface area contributed by atoms with Crippen molar-refractivity contribution in [1.29, 1.82) is 0 Å². The third kappa shape index (κ3) is 34.6. The molecule has 6 aromatic carbocycles. The van der Waals surface area contributed by atoms with Crippen molar-refractivity contribution < 1.29 is 22.0 Å². The van der Waals surface area contributed by atoms with Crippen LogP contribution in [-0.4, -0.2) is 19.9 Å². The van der Waals surface area contributed by atoms with E-state index < -0.39 is 23.3 Å². The van der Waals surface area contributed by atoms with Gasteiger partial charge < -0.3 is 0 Å². The second-order valence-corrected chi connectivity index (χ2v) is 16.8. The molecule has 0 saturated carbocycles. The molecule has 3 heterocycles. The Balaban J connectivity index is 0. The Labute approximate surface area is 441 Å². The van der Waals surface area contributed by atoms with Gasteiger partial charge in [0.2, 0.25) is 0 Å². The summed E-state index contributed by atoms with van der Waals surface area (Å²) in [5.41, 5.74) is 11.8. The van der Waals surface area contributed by atoms with Crippen LogP contribution in [0.3, 0.4) is 0 Å². The minimum absolute atomic E-state index is 0. The van der Waals surface area contributed by atoms with Gasteiger partial charge in [0.25, 0.3) is 0 Å². The molecule has 9 rings (SSSR count). The topological polar surface area (TPSA) is 51.6 Å². The molecule has 3 aromatic heterocycles. The highest BCUT2D eigenvalue weighted by Gasteiger charge is 2.03. The summed E-state index contributed by atoms with van der Waals surface area (Å²) in [4.78, 5) is 15.6. The molecule has 4 nitrogen and oxygen atoms in total. The maximum Gasteiger partial charge on any atom is 0.129 e. The summed E-state index contributed by atoms with van der Waals surface area (Å²) < 4.78 is 62.2. The summed E-state index contributed by atoms with van der Waals surface area (Å²) in [7, 11) is 0. The molecule has 0 radical (unpaired) electrons. The number of hydrogen-bond acceptors (Lipinski definition) is 4. The minimum atomic E-state index is -0.530. The van der Waals surface area contributed by atoms with Gasteiger partial charge in [0.1, 0.15) is 34.9 Å². The molecule has 394 valence electrons. The molecule has 0 atom stereocenters. The highest BCUT2D eigenvalue weighted by atomic mass is 19.1. The van der Waals surface area contributed by atoms with Crippen molar-refractivity contribution in [2.45, 2.75) is 105 Å². The summed E-state index contributed by atoms with van der Waals surface area (Å²) in [6.07, 6.45) is 8.84. The molecule has 9 heteroatoms. The van der Waals surface area contributed by atoms with Gasteiger partial charge in [-0.1, -0.05) is 152 Å². The average molecular weight is 1010 g/mol. The lowest BCUT2D eigenvalue weighted by molar-refractivity contribution is 0.566.